The minimum absolute atomic E-state index is 0.123. The van der Waals surface area contributed by atoms with Crippen molar-refractivity contribution in [3.8, 4) is 0 Å². The van der Waals surface area contributed by atoms with Gasteiger partial charge < -0.3 is 9.88 Å². The molecule has 1 aliphatic heterocycles. The zero-order chi connectivity index (χ0) is 24.7. The fourth-order valence-corrected chi connectivity index (χ4v) is 5.90. The summed E-state index contributed by atoms with van der Waals surface area (Å²) in [7, 11) is 1.97. The van der Waals surface area contributed by atoms with Crippen molar-refractivity contribution in [3.05, 3.63) is 94.8 Å². The molecule has 178 valence electrons. The van der Waals surface area contributed by atoms with Crippen LogP contribution in [0.15, 0.2) is 71.8 Å². The van der Waals surface area contributed by atoms with Gasteiger partial charge in [-0.1, -0.05) is 48.2 Å². The van der Waals surface area contributed by atoms with Crippen LogP contribution in [-0.4, -0.2) is 22.1 Å². The first-order valence-electron chi connectivity index (χ1n) is 11.5. The Bertz CT molecular complexity index is 1420. The van der Waals surface area contributed by atoms with Gasteiger partial charge in [-0.3, -0.25) is 14.5 Å². The van der Waals surface area contributed by atoms with Crippen molar-refractivity contribution in [1.29, 1.82) is 0 Å². The van der Waals surface area contributed by atoms with Gasteiger partial charge in [0.15, 0.2) is 0 Å². The normalized spacial score (nSPS) is 15.7. The molecule has 0 spiro atoms. The van der Waals surface area contributed by atoms with Crippen LogP contribution < -0.4 is 10.2 Å². The van der Waals surface area contributed by atoms with Crippen LogP contribution in [0.1, 0.15) is 28.3 Å². The summed E-state index contributed by atoms with van der Waals surface area (Å²) in [5.41, 5.74) is 5.37. The third kappa shape index (κ3) is 4.32. The number of nitrogens with one attached hydrogen (secondary N) is 1. The number of aromatic nitrogens is 1. The van der Waals surface area contributed by atoms with Gasteiger partial charge >= 0.3 is 0 Å². The molecule has 0 aliphatic carbocycles. The van der Waals surface area contributed by atoms with Crippen LogP contribution in [-0.2, 0) is 23.2 Å². The predicted octanol–water partition coefficient (Wildman–Crippen LogP) is 5.43. The molecular formula is C28H26FN3O2S. The zero-order valence-electron chi connectivity index (χ0n) is 19.8. The number of thioether (sulfide) groups is 1. The third-order valence-corrected chi connectivity index (χ3v) is 7.49. The SMILES string of the molecule is Cc1cc(C)cc(N2C(=O)CSc3c(c4ccccc4n3C)[C@H]2C(=O)NCc2ccc(F)cc2)c1. The molecule has 0 bridgehead atoms. The summed E-state index contributed by atoms with van der Waals surface area (Å²) in [6, 6.07) is 19.1. The van der Waals surface area contributed by atoms with Crippen molar-refractivity contribution >= 4 is 40.2 Å². The molecule has 1 atom stereocenters. The number of amides is 2. The highest BCUT2D eigenvalue weighted by molar-refractivity contribution is 8.00. The van der Waals surface area contributed by atoms with E-state index in [1.165, 1.54) is 23.9 Å². The van der Waals surface area contributed by atoms with Crippen molar-refractivity contribution in [1.82, 2.24) is 9.88 Å². The highest BCUT2D eigenvalue weighted by Crippen LogP contribution is 2.43. The molecule has 1 N–H and O–H groups in total. The smallest absolute Gasteiger partial charge is 0.248 e. The Labute approximate surface area is 207 Å². The van der Waals surface area contributed by atoms with Crippen LogP contribution >= 0.6 is 11.8 Å². The van der Waals surface area contributed by atoms with Gasteiger partial charge in [0.2, 0.25) is 11.8 Å². The van der Waals surface area contributed by atoms with Gasteiger partial charge in [0.05, 0.1) is 10.8 Å². The van der Waals surface area contributed by atoms with Gasteiger partial charge in [-0.25, -0.2) is 4.39 Å². The summed E-state index contributed by atoms with van der Waals surface area (Å²) in [5, 5.41) is 4.86. The van der Waals surface area contributed by atoms with Crippen molar-refractivity contribution < 1.29 is 14.0 Å². The zero-order valence-corrected chi connectivity index (χ0v) is 20.7. The maximum atomic E-state index is 13.9. The second-order valence-electron chi connectivity index (χ2n) is 8.94. The summed E-state index contributed by atoms with van der Waals surface area (Å²) in [4.78, 5) is 29.1. The number of nitrogens with zero attached hydrogens (tertiary/aromatic N) is 2. The van der Waals surface area contributed by atoms with Crippen LogP contribution in [0, 0.1) is 19.7 Å². The maximum Gasteiger partial charge on any atom is 0.248 e. The van der Waals surface area contributed by atoms with Crippen molar-refractivity contribution in [2.24, 2.45) is 7.05 Å². The molecule has 2 heterocycles. The number of hydrogen-bond donors (Lipinski definition) is 1. The van der Waals surface area contributed by atoms with E-state index in [0.717, 1.165) is 38.2 Å². The van der Waals surface area contributed by atoms with E-state index in [4.69, 9.17) is 0 Å². The number of carbonyl (C=O) groups is 2. The highest BCUT2D eigenvalue weighted by atomic mass is 32.2. The van der Waals surface area contributed by atoms with Crippen molar-refractivity contribution in [3.63, 3.8) is 0 Å². The summed E-state index contributed by atoms with van der Waals surface area (Å²) >= 11 is 1.46. The van der Waals surface area contributed by atoms with Gasteiger partial charge in [0.1, 0.15) is 11.9 Å². The van der Waals surface area contributed by atoms with Gasteiger partial charge in [0.25, 0.3) is 0 Å². The van der Waals surface area contributed by atoms with Crippen LogP contribution in [0.3, 0.4) is 0 Å². The minimum Gasteiger partial charge on any atom is -0.350 e. The second-order valence-corrected chi connectivity index (χ2v) is 9.90. The Kier molecular flexibility index (Phi) is 6.11. The van der Waals surface area contributed by atoms with Crippen LogP contribution in [0.25, 0.3) is 10.9 Å². The lowest BCUT2D eigenvalue weighted by atomic mass is 10.0. The lowest BCUT2D eigenvalue weighted by Crippen LogP contribution is -2.44. The Morgan fingerprint density at radius 2 is 1.74 bits per heavy atom. The van der Waals surface area contributed by atoms with E-state index in [9.17, 15) is 14.0 Å². The largest absolute Gasteiger partial charge is 0.350 e. The Morgan fingerprint density at radius 3 is 2.46 bits per heavy atom. The standard InChI is InChI=1S/C28H26FN3O2S/c1-17-12-18(2)14-21(13-17)32-24(33)16-35-28-25(22-6-4-5-7-23(22)31(28)3)26(32)27(34)30-15-19-8-10-20(29)11-9-19/h4-14,26H,15-16H2,1-3H3,(H,30,34)/t26-/m0/s1. The molecule has 0 saturated heterocycles. The molecule has 5 nitrogen and oxygen atoms in total. The third-order valence-electron chi connectivity index (χ3n) is 6.34. The van der Waals surface area contributed by atoms with Crippen LogP contribution in [0.5, 0.6) is 0 Å². The van der Waals surface area contributed by atoms with Gasteiger partial charge in [0, 0.05) is 35.7 Å². The molecule has 1 aliphatic rings. The summed E-state index contributed by atoms with van der Waals surface area (Å²) in [5.74, 6) is -0.497. The number of anilines is 1. The fourth-order valence-electron chi connectivity index (χ4n) is 4.83. The lowest BCUT2D eigenvalue weighted by molar-refractivity contribution is -0.125. The molecule has 7 heteroatoms. The molecule has 1 aromatic heterocycles. The molecule has 2 amide bonds. The van der Waals surface area contributed by atoms with Crippen LogP contribution in [0.4, 0.5) is 10.1 Å². The number of halogens is 1. The van der Waals surface area contributed by atoms with Crippen LogP contribution in [0.2, 0.25) is 0 Å². The highest BCUT2D eigenvalue weighted by Gasteiger charge is 2.39. The summed E-state index contributed by atoms with van der Waals surface area (Å²) in [6.07, 6.45) is 0. The van der Waals surface area contributed by atoms with E-state index in [2.05, 4.69) is 9.88 Å². The van der Waals surface area contributed by atoms with Gasteiger partial charge in [-0.15, -0.1) is 0 Å². The lowest BCUT2D eigenvalue weighted by Gasteiger charge is -2.30. The van der Waals surface area contributed by atoms with E-state index in [1.54, 1.807) is 17.0 Å². The Morgan fingerprint density at radius 1 is 1.06 bits per heavy atom. The minimum atomic E-state index is -0.847. The number of fused-ring (bicyclic) bond motifs is 3. The van der Waals surface area contributed by atoms with Gasteiger partial charge in [-0.05, 0) is 60.9 Å². The molecule has 0 fully saturated rings. The van der Waals surface area contributed by atoms with Gasteiger partial charge in [-0.2, -0.15) is 0 Å². The molecular weight excluding hydrogens is 461 g/mol. The van der Waals surface area contributed by atoms with E-state index in [0.29, 0.717) is 5.69 Å². The van der Waals surface area contributed by atoms with E-state index >= 15 is 0 Å². The van der Waals surface area contributed by atoms with E-state index < -0.39 is 6.04 Å². The number of rotatable bonds is 4. The monoisotopic (exact) mass is 487 g/mol. The first-order chi connectivity index (χ1) is 16.8. The van der Waals surface area contributed by atoms with Crippen molar-refractivity contribution in [2.45, 2.75) is 31.5 Å². The number of para-hydroxylation sites is 1. The first-order valence-corrected chi connectivity index (χ1v) is 12.4. The topological polar surface area (TPSA) is 54.3 Å². The second kappa shape index (κ2) is 9.23. The molecule has 35 heavy (non-hydrogen) atoms. The molecule has 3 aromatic carbocycles. The summed E-state index contributed by atoms with van der Waals surface area (Å²) in [6.45, 7) is 4.21. The molecule has 0 radical (unpaired) electrons. The predicted molar refractivity (Wildman–Crippen MR) is 138 cm³/mol. The average Bonchev–Trinajstić information content (AvgIpc) is 3.00. The average molecular weight is 488 g/mol. The molecule has 0 saturated carbocycles. The first kappa shape index (κ1) is 23.2. The summed E-state index contributed by atoms with van der Waals surface area (Å²) < 4.78 is 15.4. The Hall–Kier alpha value is -3.58. The quantitative estimate of drug-likeness (QED) is 0.418. The number of aryl methyl sites for hydroxylation is 3. The molecule has 5 rings (SSSR count). The number of hydrogen-bond acceptors (Lipinski definition) is 3. The molecule has 4 aromatic rings. The number of carbonyl (C=O) groups excluding carboxylic acids is 2. The van der Waals surface area contributed by atoms with E-state index in [1.807, 2.05) is 63.4 Å². The Balaban J connectivity index is 1.65. The number of benzene rings is 3. The van der Waals surface area contributed by atoms with Crippen molar-refractivity contribution in [2.75, 3.05) is 10.7 Å². The fraction of sp³-hybridized carbons (Fsp3) is 0.214. The van der Waals surface area contributed by atoms with E-state index in [-0.39, 0.29) is 29.9 Å². The molecule has 0 unspecified atom stereocenters. The maximum absolute atomic E-state index is 13.9.